The average molecular weight is 289 g/mol. The van der Waals surface area contributed by atoms with Gasteiger partial charge in [0.2, 0.25) is 0 Å². The molecule has 0 fully saturated rings. The second kappa shape index (κ2) is 5.31. The molecule has 2 aromatic heterocycles. The van der Waals surface area contributed by atoms with Gasteiger partial charge in [0.1, 0.15) is 17.4 Å². The van der Waals surface area contributed by atoms with Crippen LogP contribution in [0.4, 0.5) is 0 Å². The topological polar surface area (TPSA) is 85.8 Å². The third kappa shape index (κ3) is 2.55. The number of carbonyl (C=O) groups excluding carboxylic acids is 1. The second-order valence-corrected chi connectivity index (χ2v) is 5.71. The lowest BCUT2D eigenvalue weighted by Gasteiger charge is -2.25. The molecule has 0 aliphatic carbocycles. The first-order valence-corrected chi connectivity index (χ1v) is 7.19. The maximum Gasteiger partial charge on any atom is 0.273 e. The van der Waals surface area contributed by atoms with Gasteiger partial charge in [-0.2, -0.15) is 0 Å². The van der Waals surface area contributed by atoms with Crippen molar-refractivity contribution in [1.82, 2.24) is 25.1 Å². The number of nitrogens with zero attached hydrogens (tertiary/aromatic N) is 4. The third-order valence-corrected chi connectivity index (χ3v) is 3.79. The largest absolute Gasteiger partial charge is 0.448 e. The Balaban J connectivity index is 1.73. The predicted molar refractivity (Wildman–Crippen MR) is 74.9 cm³/mol. The number of nitrogens with one attached hydrogen (secondary N) is 1. The molecule has 0 bridgehead atoms. The van der Waals surface area contributed by atoms with Gasteiger partial charge in [0.05, 0.1) is 0 Å². The van der Waals surface area contributed by atoms with Crippen LogP contribution in [-0.2, 0) is 13.0 Å². The number of aryl methyl sites for hydroxylation is 2. The van der Waals surface area contributed by atoms with E-state index in [1.165, 1.54) is 6.39 Å². The van der Waals surface area contributed by atoms with Crippen molar-refractivity contribution in [3.63, 3.8) is 0 Å². The molecule has 0 saturated carbocycles. The lowest BCUT2D eigenvalue weighted by Crippen LogP contribution is -2.41. The van der Waals surface area contributed by atoms with Crippen LogP contribution in [0.3, 0.4) is 0 Å². The van der Waals surface area contributed by atoms with E-state index in [4.69, 9.17) is 4.42 Å². The molecule has 0 aromatic carbocycles. The van der Waals surface area contributed by atoms with E-state index in [9.17, 15) is 4.79 Å². The van der Waals surface area contributed by atoms with E-state index >= 15 is 0 Å². The monoisotopic (exact) mass is 289 g/mol. The van der Waals surface area contributed by atoms with Crippen molar-refractivity contribution in [2.75, 3.05) is 0 Å². The molecule has 7 heteroatoms. The van der Waals surface area contributed by atoms with Crippen molar-refractivity contribution in [2.45, 2.75) is 52.1 Å². The fourth-order valence-electron chi connectivity index (χ4n) is 2.67. The quantitative estimate of drug-likeness (QED) is 0.924. The summed E-state index contributed by atoms with van der Waals surface area (Å²) in [6, 6.07) is 0.0644. The van der Waals surface area contributed by atoms with Crippen LogP contribution in [0, 0.1) is 6.92 Å². The molecule has 1 N–H and O–H groups in total. The summed E-state index contributed by atoms with van der Waals surface area (Å²) in [7, 11) is 0. The highest BCUT2D eigenvalue weighted by Crippen LogP contribution is 2.20. The highest BCUT2D eigenvalue weighted by Gasteiger charge is 2.26. The molecule has 1 amide bonds. The lowest BCUT2D eigenvalue weighted by atomic mass is 10.1. The van der Waals surface area contributed by atoms with Gasteiger partial charge >= 0.3 is 0 Å². The summed E-state index contributed by atoms with van der Waals surface area (Å²) in [5, 5.41) is 11.5. The fraction of sp³-hybridized carbons (Fsp3) is 0.571. The van der Waals surface area contributed by atoms with Gasteiger partial charge in [-0.3, -0.25) is 4.79 Å². The van der Waals surface area contributed by atoms with E-state index < -0.39 is 0 Å². The van der Waals surface area contributed by atoms with Gasteiger partial charge in [-0.05, 0) is 13.3 Å². The van der Waals surface area contributed by atoms with Crippen molar-refractivity contribution < 1.29 is 9.21 Å². The molecular weight excluding hydrogens is 270 g/mol. The Labute approximate surface area is 122 Å². The van der Waals surface area contributed by atoms with Crippen LogP contribution in [0.5, 0.6) is 0 Å². The van der Waals surface area contributed by atoms with Crippen LogP contribution in [0.2, 0.25) is 0 Å². The zero-order valence-electron chi connectivity index (χ0n) is 12.5. The van der Waals surface area contributed by atoms with E-state index in [-0.39, 0.29) is 11.9 Å². The van der Waals surface area contributed by atoms with Crippen LogP contribution in [0.25, 0.3) is 0 Å². The summed E-state index contributed by atoms with van der Waals surface area (Å²) in [5.41, 5.74) is 0.355. The normalized spacial score (nSPS) is 17.8. The van der Waals surface area contributed by atoms with Crippen LogP contribution in [0.1, 0.15) is 54.1 Å². The SMILES string of the molecule is Cc1ocnc1C(=O)NC1CCc2nnc(C(C)C)n2C1. The Kier molecular flexibility index (Phi) is 3.48. The van der Waals surface area contributed by atoms with Crippen LogP contribution in [0.15, 0.2) is 10.8 Å². The molecule has 21 heavy (non-hydrogen) atoms. The number of aromatic nitrogens is 4. The maximum absolute atomic E-state index is 12.2. The summed E-state index contributed by atoms with van der Waals surface area (Å²) < 4.78 is 7.19. The fourth-order valence-corrected chi connectivity index (χ4v) is 2.67. The number of oxazole rings is 1. The second-order valence-electron chi connectivity index (χ2n) is 5.71. The minimum atomic E-state index is -0.186. The summed E-state index contributed by atoms with van der Waals surface area (Å²) in [5.74, 6) is 2.65. The van der Waals surface area contributed by atoms with E-state index in [0.29, 0.717) is 23.9 Å². The molecular formula is C14H19N5O2. The van der Waals surface area contributed by atoms with E-state index in [1.54, 1.807) is 6.92 Å². The van der Waals surface area contributed by atoms with Gasteiger partial charge in [0.15, 0.2) is 12.1 Å². The smallest absolute Gasteiger partial charge is 0.273 e. The van der Waals surface area contributed by atoms with Crippen LogP contribution in [-0.4, -0.2) is 31.7 Å². The number of rotatable bonds is 3. The zero-order valence-corrected chi connectivity index (χ0v) is 12.5. The molecule has 0 radical (unpaired) electrons. The summed E-state index contributed by atoms with van der Waals surface area (Å²) >= 11 is 0. The van der Waals surface area contributed by atoms with Gasteiger partial charge in [0, 0.05) is 24.9 Å². The van der Waals surface area contributed by atoms with Gasteiger partial charge in [-0.25, -0.2) is 4.98 Å². The number of hydrogen-bond acceptors (Lipinski definition) is 5. The Morgan fingerprint density at radius 3 is 2.95 bits per heavy atom. The van der Waals surface area contributed by atoms with E-state index in [0.717, 1.165) is 24.5 Å². The maximum atomic E-state index is 12.2. The number of amides is 1. The zero-order chi connectivity index (χ0) is 15.0. The Morgan fingerprint density at radius 2 is 2.29 bits per heavy atom. The van der Waals surface area contributed by atoms with Crippen molar-refractivity contribution in [2.24, 2.45) is 0 Å². The number of fused-ring (bicyclic) bond motifs is 1. The Morgan fingerprint density at radius 1 is 1.48 bits per heavy atom. The lowest BCUT2D eigenvalue weighted by molar-refractivity contribution is 0.0921. The highest BCUT2D eigenvalue weighted by atomic mass is 16.3. The molecule has 1 aliphatic rings. The molecule has 112 valence electrons. The number of hydrogen-bond donors (Lipinski definition) is 1. The molecule has 0 saturated heterocycles. The molecule has 1 unspecified atom stereocenters. The van der Waals surface area contributed by atoms with Gasteiger partial charge in [-0.1, -0.05) is 13.8 Å². The Bertz CT molecular complexity index is 658. The minimum Gasteiger partial charge on any atom is -0.448 e. The van der Waals surface area contributed by atoms with Crippen LogP contribution < -0.4 is 5.32 Å². The Hall–Kier alpha value is -2.18. The predicted octanol–water partition coefficient (Wildman–Crippen LogP) is 1.44. The molecule has 7 nitrogen and oxygen atoms in total. The summed E-state index contributed by atoms with van der Waals surface area (Å²) in [6.07, 6.45) is 2.97. The first-order chi connectivity index (χ1) is 10.1. The van der Waals surface area contributed by atoms with Gasteiger partial charge < -0.3 is 14.3 Å². The van der Waals surface area contributed by atoms with Gasteiger partial charge in [0.25, 0.3) is 5.91 Å². The molecule has 0 spiro atoms. The molecule has 3 heterocycles. The summed E-state index contributed by atoms with van der Waals surface area (Å²) in [6.45, 7) is 6.63. The molecule has 2 aromatic rings. The van der Waals surface area contributed by atoms with E-state index in [1.807, 2.05) is 0 Å². The van der Waals surface area contributed by atoms with Crippen molar-refractivity contribution in [3.8, 4) is 0 Å². The first-order valence-electron chi connectivity index (χ1n) is 7.19. The third-order valence-electron chi connectivity index (χ3n) is 3.79. The van der Waals surface area contributed by atoms with Gasteiger partial charge in [-0.15, -0.1) is 10.2 Å². The van der Waals surface area contributed by atoms with Crippen LogP contribution >= 0.6 is 0 Å². The standard InChI is InChI=1S/C14H19N5O2/c1-8(2)13-18-17-11-5-4-10(6-19(11)13)16-14(20)12-9(3)21-7-15-12/h7-8,10H,4-6H2,1-3H3,(H,16,20). The minimum absolute atomic E-state index is 0.0644. The molecule has 1 atom stereocenters. The average Bonchev–Trinajstić information content (AvgIpc) is 3.04. The summed E-state index contributed by atoms with van der Waals surface area (Å²) in [4.78, 5) is 16.1. The molecule has 1 aliphatic heterocycles. The highest BCUT2D eigenvalue weighted by molar-refractivity contribution is 5.93. The first kappa shape index (κ1) is 13.8. The molecule has 3 rings (SSSR count). The van der Waals surface area contributed by atoms with Crippen molar-refractivity contribution in [1.29, 1.82) is 0 Å². The van der Waals surface area contributed by atoms with Crippen molar-refractivity contribution in [3.05, 3.63) is 29.5 Å². The van der Waals surface area contributed by atoms with Crippen molar-refractivity contribution >= 4 is 5.91 Å². The van der Waals surface area contributed by atoms with E-state index in [2.05, 4.69) is 38.9 Å². The number of carbonyl (C=O) groups is 1.